The van der Waals surface area contributed by atoms with Crippen molar-refractivity contribution in [3.63, 3.8) is 0 Å². The van der Waals surface area contributed by atoms with Gasteiger partial charge in [-0.25, -0.2) is 0 Å². The minimum absolute atomic E-state index is 0.178. The first-order chi connectivity index (χ1) is 19.1. The maximum Gasteiger partial charge on any atom is 0.202 e. The number of hydrogen-bond donors (Lipinski definition) is 1. The molecule has 0 aliphatic heterocycles. The topological polar surface area (TPSA) is 81.4 Å². The number of carbonyl (C=O) groups excluding carboxylic acids is 1. The van der Waals surface area contributed by atoms with Crippen molar-refractivity contribution in [3.8, 4) is 11.4 Å². The van der Waals surface area contributed by atoms with Gasteiger partial charge in [-0.2, -0.15) is 5.10 Å². The minimum Gasteiger partial charge on any atom is -0.486 e. The highest BCUT2D eigenvalue weighted by molar-refractivity contribution is 9.10. The van der Waals surface area contributed by atoms with Crippen LogP contribution in [0.2, 0.25) is 0 Å². The molecule has 3 aromatic carbocycles. The Kier molecular flexibility index (Phi) is 9.11. The first kappa shape index (κ1) is 27.1. The van der Waals surface area contributed by atoms with Gasteiger partial charge in [0.25, 0.3) is 0 Å². The molecular weight excluding hydrogens is 574 g/mol. The molecule has 0 bridgehead atoms. The van der Waals surface area contributed by atoms with Gasteiger partial charge in [0.15, 0.2) is 16.7 Å². The van der Waals surface area contributed by atoms with Gasteiger partial charge in [-0.1, -0.05) is 65.5 Å². The Labute approximate surface area is 241 Å². The van der Waals surface area contributed by atoms with Gasteiger partial charge in [0.05, 0.1) is 5.69 Å². The zero-order valence-electron chi connectivity index (χ0n) is 21.7. The van der Waals surface area contributed by atoms with E-state index in [9.17, 15) is 4.79 Å². The molecule has 0 unspecified atom stereocenters. The lowest BCUT2D eigenvalue weighted by molar-refractivity contribution is -0.110. The van der Waals surface area contributed by atoms with Crippen molar-refractivity contribution in [2.45, 2.75) is 56.7 Å². The molecule has 5 rings (SSSR count). The van der Waals surface area contributed by atoms with Crippen LogP contribution in [0.15, 0.2) is 93.6 Å². The molecule has 7 nitrogen and oxygen atoms in total. The normalized spacial score (nSPS) is 14.3. The number of hydrazone groups is 1. The summed E-state index contributed by atoms with van der Waals surface area (Å²) >= 11 is 4.59. The third-order valence-electron chi connectivity index (χ3n) is 6.66. The van der Waals surface area contributed by atoms with Crippen LogP contribution >= 0.6 is 27.7 Å². The van der Waals surface area contributed by atoms with Gasteiger partial charge in [-0.05, 0) is 84.6 Å². The molecule has 1 saturated carbocycles. The third kappa shape index (κ3) is 7.16. The van der Waals surface area contributed by atoms with Crippen molar-refractivity contribution in [1.29, 1.82) is 0 Å². The Morgan fingerprint density at radius 2 is 1.72 bits per heavy atom. The number of rotatable bonds is 9. The lowest BCUT2D eigenvalue weighted by Gasteiger charge is -2.22. The van der Waals surface area contributed by atoms with E-state index >= 15 is 0 Å². The molecule has 1 fully saturated rings. The Morgan fingerprint density at radius 3 is 2.41 bits per heavy atom. The molecule has 1 aromatic heterocycles. The van der Waals surface area contributed by atoms with Crippen molar-refractivity contribution in [2.75, 3.05) is 5.43 Å². The maximum absolute atomic E-state index is 12.4. The van der Waals surface area contributed by atoms with Gasteiger partial charge < -0.3 is 4.74 Å². The number of nitrogens with one attached hydrogen (secondary N) is 1. The number of aromatic nitrogens is 3. The minimum atomic E-state index is -0.178. The second-order valence-corrected chi connectivity index (χ2v) is 11.3. The van der Waals surface area contributed by atoms with E-state index in [1.807, 2.05) is 71.3 Å². The number of Topliss-reactive ketones (excluding diaryl/α,β-unsaturated/α-hetero) is 1. The average molecular weight is 605 g/mol. The highest BCUT2D eigenvalue weighted by Gasteiger charge is 2.20. The zero-order valence-corrected chi connectivity index (χ0v) is 24.1. The summed E-state index contributed by atoms with van der Waals surface area (Å²) in [7, 11) is 0. The quantitative estimate of drug-likeness (QED) is 0.0910. The molecule has 1 heterocycles. The van der Waals surface area contributed by atoms with Gasteiger partial charge in [0.1, 0.15) is 12.4 Å². The van der Waals surface area contributed by atoms with E-state index in [1.165, 1.54) is 44.6 Å². The van der Waals surface area contributed by atoms with Crippen LogP contribution in [0.1, 0.15) is 56.3 Å². The molecule has 200 valence electrons. The van der Waals surface area contributed by atoms with Gasteiger partial charge in [-0.15, -0.1) is 10.2 Å². The molecule has 0 amide bonds. The molecule has 4 aromatic rings. The fourth-order valence-electron chi connectivity index (χ4n) is 4.62. The monoisotopic (exact) mass is 603 g/mol. The number of ether oxygens (including phenoxy) is 1. The van der Waals surface area contributed by atoms with E-state index in [-0.39, 0.29) is 17.4 Å². The Hall–Kier alpha value is -3.43. The first-order valence-corrected chi connectivity index (χ1v) is 14.7. The summed E-state index contributed by atoms with van der Waals surface area (Å²) in [6, 6.07) is 25.8. The molecule has 0 radical (unpaired) electrons. The van der Waals surface area contributed by atoms with Crippen molar-refractivity contribution in [1.82, 2.24) is 14.8 Å². The summed E-state index contributed by atoms with van der Waals surface area (Å²) in [4.78, 5) is 12.4. The van der Waals surface area contributed by atoms with Crippen molar-refractivity contribution < 1.29 is 9.53 Å². The molecule has 0 spiro atoms. The second kappa shape index (κ2) is 13.1. The van der Waals surface area contributed by atoms with Crippen molar-refractivity contribution >= 4 is 44.2 Å². The van der Waals surface area contributed by atoms with Crippen LogP contribution in [0.4, 0.5) is 5.69 Å². The van der Waals surface area contributed by atoms with E-state index < -0.39 is 0 Å². The van der Waals surface area contributed by atoms with Crippen LogP contribution in [0.5, 0.6) is 5.75 Å². The highest BCUT2D eigenvalue weighted by atomic mass is 79.9. The number of nitrogens with zero attached hydrogens (tertiary/aromatic N) is 4. The molecule has 1 aliphatic rings. The van der Waals surface area contributed by atoms with Crippen molar-refractivity contribution in [2.24, 2.45) is 5.10 Å². The van der Waals surface area contributed by atoms with E-state index in [4.69, 9.17) is 4.74 Å². The fourth-order valence-corrected chi connectivity index (χ4v) is 5.67. The Balaban J connectivity index is 1.34. The van der Waals surface area contributed by atoms with E-state index in [0.717, 1.165) is 33.4 Å². The van der Waals surface area contributed by atoms with Crippen LogP contribution in [0.3, 0.4) is 0 Å². The number of carbonyl (C=O) groups is 1. The lowest BCUT2D eigenvalue weighted by atomic mass is 9.84. The second-order valence-electron chi connectivity index (χ2n) is 9.46. The summed E-state index contributed by atoms with van der Waals surface area (Å²) in [5.41, 5.74) is 5.99. The Bertz CT molecular complexity index is 1420. The number of halogens is 1. The van der Waals surface area contributed by atoms with Crippen molar-refractivity contribution in [3.05, 3.63) is 94.7 Å². The molecule has 1 N–H and O–H groups in total. The lowest BCUT2D eigenvalue weighted by Crippen LogP contribution is -2.11. The van der Waals surface area contributed by atoms with E-state index in [1.54, 1.807) is 0 Å². The fraction of sp³-hybridized carbons (Fsp3) is 0.267. The average Bonchev–Trinajstić information content (AvgIpc) is 3.38. The number of hydrogen-bond acceptors (Lipinski definition) is 7. The summed E-state index contributed by atoms with van der Waals surface area (Å²) in [5.74, 6) is 1.90. The smallest absolute Gasteiger partial charge is 0.202 e. The predicted molar refractivity (Wildman–Crippen MR) is 160 cm³/mol. The van der Waals surface area contributed by atoms with Crippen LogP contribution in [-0.4, -0.2) is 25.6 Å². The number of anilines is 1. The SMILES string of the molecule is CC(=O)C(=NNc1ccc(Br)cc1)Sc1nnc(COc2ccc(C3CCCCC3)cc2)n1-c1ccccc1. The molecule has 0 saturated heterocycles. The van der Waals surface area contributed by atoms with Crippen LogP contribution in [0, 0.1) is 0 Å². The summed E-state index contributed by atoms with van der Waals surface area (Å²) < 4.78 is 9.00. The van der Waals surface area contributed by atoms with Gasteiger partial charge >= 0.3 is 0 Å². The maximum atomic E-state index is 12.4. The predicted octanol–water partition coefficient (Wildman–Crippen LogP) is 7.76. The zero-order chi connectivity index (χ0) is 27.0. The van der Waals surface area contributed by atoms with Gasteiger partial charge in [0, 0.05) is 17.1 Å². The molecule has 0 atom stereocenters. The highest BCUT2D eigenvalue weighted by Crippen LogP contribution is 2.33. The third-order valence-corrected chi connectivity index (χ3v) is 8.21. The van der Waals surface area contributed by atoms with E-state index in [2.05, 4.69) is 48.8 Å². The number of benzene rings is 3. The van der Waals surface area contributed by atoms with Crippen LogP contribution < -0.4 is 10.2 Å². The van der Waals surface area contributed by atoms with Gasteiger partial charge in [0.2, 0.25) is 5.16 Å². The molecule has 9 heteroatoms. The van der Waals surface area contributed by atoms with Gasteiger partial charge in [-0.3, -0.25) is 14.8 Å². The first-order valence-electron chi connectivity index (χ1n) is 13.1. The molecular formula is C30H30BrN5O2S. The Morgan fingerprint density at radius 1 is 1.00 bits per heavy atom. The number of para-hydroxylation sites is 1. The van der Waals surface area contributed by atoms with Crippen LogP contribution in [0.25, 0.3) is 5.69 Å². The molecule has 1 aliphatic carbocycles. The summed E-state index contributed by atoms with van der Waals surface area (Å²) in [6.45, 7) is 1.72. The number of ketones is 1. The largest absolute Gasteiger partial charge is 0.486 e. The standard InChI is InChI=1S/C30H30BrN5O2S/c1-21(37)29(34-32-25-16-14-24(31)15-17-25)39-30-35-33-28(36(30)26-10-6-3-7-11-26)20-38-27-18-12-23(13-19-27)22-8-4-2-5-9-22/h3,6-7,10-19,22,32H,2,4-5,8-9,20H2,1H3. The molecule has 39 heavy (non-hydrogen) atoms. The summed E-state index contributed by atoms with van der Waals surface area (Å²) in [5, 5.41) is 14.0. The van der Waals surface area contributed by atoms with Crippen LogP contribution in [-0.2, 0) is 11.4 Å². The summed E-state index contributed by atoms with van der Waals surface area (Å²) in [6.07, 6.45) is 6.51. The van der Waals surface area contributed by atoms with E-state index in [0.29, 0.717) is 16.9 Å². The number of thioether (sulfide) groups is 1.